The van der Waals surface area contributed by atoms with Crippen LogP contribution >= 0.6 is 0 Å². The van der Waals surface area contributed by atoms with Crippen molar-refractivity contribution >= 4 is 11.8 Å². The van der Waals surface area contributed by atoms with Gasteiger partial charge in [0.1, 0.15) is 5.75 Å². The van der Waals surface area contributed by atoms with Gasteiger partial charge in [0.25, 0.3) is 0 Å². The average Bonchev–Trinajstić information content (AvgIpc) is 2.35. The molecule has 0 aromatic heterocycles. The molecule has 1 atom stereocenters. The van der Waals surface area contributed by atoms with Crippen molar-refractivity contribution in [3.8, 4) is 5.75 Å². The first-order valence-electron chi connectivity index (χ1n) is 7.24. The summed E-state index contributed by atoms with van der Waals surface area (Å²) in [5.41, 5.74) is 1.07. The summed E-state index contributed by atoms with van der Waals surface area (Å²) in [5.74, 6) is -0.0528. The number of phenolic OH excluding ortho intramolecular Hbond substituents is 1. The van der Waals surface area contributed by atoms with Crippen LogP contribution in [0, 0.1) is 0 Å². The Morgan fingerprint density at radius 3 is 2.36 bits per heavy atom. The number of Topliss-reactive ketones (excluding diaryl/α,β-unsaturated/α-hetero) is 1. The van der Waals surface area contributed by atoms with E-state index in [1.54, 1.807) is 36.1 Å². The lowest BCUT2D eigenvalue weighted by molar-refractivity contribution is -0.114. The van der Waals surface area contributed by atoms with Crippen molar-refractivity contribution < 1.29 is 14.7 Å². The molecule has 0 aliphatic carbocycles. The largest absolute Gasteiger partial charge is 0.508 e. The monoisotopic (exact) mass is 302 g/mol. The second-order valence-corrected chi connectivity index (χ2v) is 6.53. The molecule has 2 rings (SSSR count). The lowest BCUT2D eigenvalue weighted by atomic mass is 9.87. The Labute approximate surface area is 130 Å². The number of amides is 2. The Bertz CT molecular complexity index is 656. The first-order valence-corrected chi connectivity index (χ1v) is 7.24. The summed E-state index contributed by atoms with van der Waals surface area (Å²) < 4.78 is 0. The van der Waals surface area contributed by atoms with Crippen molar-refractivity contribution in [3.05, 3.63) is 41.1 Å². The van der Waals surface area contributed by atoms with E-state index in [4.69, 9.17) is 0 Å². The summed E-state index contributed by atoms with van der Waals surface area (Å²) in [6, 6.07) is 5.93. The van der Waals surface area contributed by atoms with E-state index < -0.39 is 11.6 Å². The zero-order chi connectivity index (χ0) is 16.7. The molecule has 0 saturated carbocycles. The molecule has 1 heterocycles. The first kappa shape index (κ1) is 16.1. The molecule has 22 heavy (non-hydrogen) atoms. The third kappa shape index (κ3) is 2.71. The first-order chi connectivity index (χ1) is 10.1. The Kier molecular flexibility index (Phi) is 4.00. The van der Waals surface area contributed by atoms with E-state index in [2.05, 4.69) is 5.32 Å². The molecule has 1 aromatic rings. The number of urea groups is 1. The van der Waals surface area contributed by atoms with Gasteiger partial charge in [0.05, 0.1) is 6.04 Å². The van der Waals surface area contributed by atoms with Gasteiger partial charge in [-0.1, -0.05) is 18.2 Å². The number of phenols is 1. The number of nitrogens with one attached hydrogen (secondary N) is 1. The number of allylic oxidation sites excluding steroid dienone is 1. The second kappa shape index (κ2) is 5.48. The summed E-state index contributed by atoms with van der Waals surface area (Å²) in [6.07, 6.45) is 0. The number of para-hydroxylation sites is 1. The molecule has 5 nitrogen and oxygen atoms in total. The molecule has 1 unspecified atom stereocenters. The molecule has 1 aromatic carbocycles. The topological polar surface area (TPSA) is 69.6 Å². The maximum absolute atomic E-state index is 12.5. The normalized spacial score (nSPS) is 19.2. The SMILES string of the molecule is CC(=O)C1=C(C)NC(=O)N(C(C)(C)C)C1c1ccccc1O. The molecule has 0 fully saturated rings. The third-order valence-electron chi connectivity index (χ3n) is 3.78. The van der Waals surface area contributed by atoms with Crippen LogP contribution in [0.15, 0.2) is 35.5 Å². The number of carbonyl (C=O) groups excluding carboxylic acids is 2. The maximum atomic E-state index is 12.5. The smallest absolute Gasteiger partial charge is 0.322 e. The highest BCUT2D eigenvalue weighted by Crippen LogP contribution is 2.41. The highest BCUT2D eigenvalue weighted by molar-refractivity contribution is 5.98. The molecule has 0 bridgehead atoms. The molecule has 5 heteroatoms. The molecule has 2 N–H and O–H groups in total. The number of nitrogens with zero attached hydrogens (tertiary/aromatic N) is 1. The van der Waals surface area contributed by atoms with Gasteiger partial charge in [-0.05, 0) is 40.7 Å². The van der Waals surface area contributed by atoms with Crippen molar-refractivity contribution in [3.63, 3.8) is 0 Å². The van der Waals surface area contributed by atoms with Gasteiger partial charge in [-0.25, -0.2) is 4.79 Å². The predicted octanol–water partition coefficient (Wildman–Crippen LogP) is 3.12. The summed E-state index contributed by atoms with van der Waals surface area (Å²) >= 11 is 0. The van der Waals surface area contributed by atoms with Crippen molar-refractivity contribution in [1.82, 2.24) is 10.2 Å². The molecule has 1 aliphatic rings. The molecule has 1 aliphatic heterocycles. The van der Waals surface area contributed by atoms with E-state index >= 15 is 0 Å². The Morgan fingerprint density at radius 1 is 1.27 bits per heavy atom. The van der Waals surface area contributed by atoms with Gasteiger partial charge in [0.15, 0.2) is 5.78 Å². The third-order valence-corrected chi connectivity index (χ3v) is 3.78. The quantitative estimate of drug-likeness (QED) is 0.882. The molecular weight excluding hydrogens is 280 g/mol. The lowest BCUT2D eigenvalue weighted by Crippen LogP contribution is -2.55. The lowest BCUT2D eigenvalue weighted by Gasteiger charge is -2.45. The number of ketones is 1. The summed E-state index contributed by atoms with van der Waals surface area (Å²) in [5, 5.41) is 13.0. The van der Waals surface area contributed by atoms with Crippen LogP contribution in [0.4, 0.5) is 4.79 Å². The predicted molar refractivity (Wildman–Crippen MR) is 84.4 cm³/mol. The number of hydrogen-bond acceptors (Lipinski definition) is 3. The van der Waals surface area contributed by atoms with E-state index in [-0.39, 0.29) is 17.6 Å². The van der Waals surface area contributed by atoms with Crippen LogP contribution in [0.2, 0.25) is 0 Å². The average molecular weight is 302 g/mol. The number of aromatic hydroxyl groups is 1. The number of hydrogen-bond donors (Lipinski definition) is 2. The van der Waals surface area contributed by atoms with Gasteiger partial charge >= 0.3 is 6.03 Å². The fourth-order valence-electron chi connectivity index (χ4n) is 2.90. The van der Waals surface area contributed by atoms with Crippen LogP contribution in [0.25, 0.3) is 0 Å². The van der Waals surface area contributed by atoms with Crippen LogP contribution < -0.4 is 5.32 Å². The van der Waals surface area contributed by atoms with Gasteiger partial charge < -0.3 is 15.3 Å². The van der Waals surface area contributed by atoms with Gasteiger partial charge in [-0.15, -0.1) is 0 Å². The summed E-state index contributed by atoms with van der Waals surface area (Å²) in [4.78, 5) is 26.3. The van der Waals surface area contributed by atoms with Crippen LogP contribution in [-0.4, -0.2) is 27.4 Å². The van der Waals surface area contributed by atoms with Crippen molar-refractivity contribution in [2.45, 2.75) is 46.2 Å². The highest BCUT2D eigenvalue weighted by Gasteiger charge is 2.42. The van der Waals surface area contributed by atoms with Gasteiger partial charge in [-0.2, -0.15) is 0 Å². The van der Waals surface area contributed by atoms with Crippen molar-refractivity contribution in [1.29, 1.82) is 0 Å². The van der Waals surface area contributed by atoms with Crippen molar-refractivity contribution in [2.24, 2.45) is 0 Å². The minimum atomic E-state index is -0.604. The zero-order valence-electron chi connectivity index (χ0n) is 13.6. The summed E-state index contributed by atoms with van der Waals surface area (Å²) in [6.45, 7) is 8.89. The van der Waals surface area contributed by atoms with Gasteiger partial charge in [0.2, 0.25) is 0 Å². The number of carbonyl (C=O) groups is 2. The van der Waals surface area contributed by atoms with Crippen LogP contribution in [0.5, 0.6) is 5.75 Å². The summed E-state index contributed by atoms with van der Waals surface area (Å²) in [7, 11) is 0. The fraction of sp³-hybridized carbons (Fsp3) is 0.412. The zero-order valence-corrected chi connectivity index (χ0v) is 13.6. The molecule has 0 saturated heterocycles. The maximum Gasteiger partial charge on any atom is 0.322 e. The van der Waals surface area contributed by atoms with Gasteiger partial charge in [0, 0.05) is 22.4 Å². The molecular formula is C17H22N2O3. The van der Waals surface area contributed by atoms with Crippen LogP contribution in [-0.2, 0) is 4.79 Å². The number of benzene rings is 1. The molecule has 0 spiro atoms. The van der Waals surface area contributed by atoms with E-state index in [0.29, 0.717) is 16.8 Å². The minimum absolute atomic E-state index is 0.0722. The standard InChI is InChI=1S/C17H22N2O3/c1-10-14(11(2)20)15(12-8-6-7-9-13(12)21)19(16(22)18-10)17(3,4)5/h6-9,15,21H,1-5H3,(H,18,22). The van der Waals surface area contributed by atoms with E-state index in [1.165, 1.54) is 6.92 Å². The van der Waals surface area contributed by atoms with Crippen molar-refractivity contribution in [2.75, 3.05) is 0 Å². The Hall–Kier alpha value is -2.30. The van der Waals surface area contributed by atoms with E-state index in [1.807, 2.05) is 20.8 Å². The molecule has 118 valence electrons. The van der Waals surface area contributed by atoms with Gasteiger partial charge in [-0.3, -0.25) is 4.79 Å². The second-order valence-electron chi connectivity index (χ2n) is 6.53. The molecule has 0 radical (unpaired) electrons. The highest BCUT2D eigenvalue weighted by atomic mass is 16.3. The van der Waals surface area contributed by atoms with Crippen LogP contribution in [0.1, 0.15) is 46.2 Å². The van der Waals surface area contributed by atoms with Crippen LogP contribution in [0.3, 0.4) is 0 Å². The molecule has 2 amide bonds. The fourth-order valence-corrected chi connectivity index (χ4v) is 2.90. The Morgan fingerprint density at radius 2 is 1.86 bits per heavy atom. The Balaban J connectivity index is 2.73. The minimum Gasteiger partial charge on any atom is -0.508 e. The van der Waals surface area contributed by atoms with E-state index in [9.17, 15) is 14.7 Å². The number of rotatable bonds is 2. The van der Waals surface area contributed by atoms with E-state index in [0.717, 1.165) is 0 Å².